The Morgan fingerprint density at radius 3 is 3.15 bits per heavy atom. The van der Waals surface area contributed by atoms with Gasteiger partial charge in [0.25, 0.3) is 0 Å². The summed E-state index contributed by atoms with van der Waals surface area (Å²) in [6, 6.07) is 0.621. The van der Waals surface area contributed by atoms with Crippen molar-refractivity contribution in [3.63, 3.8) is 0 Å². The normalized spacial score (nSPS) is 25.7. The molecule has 0 amide bonds. The standard InChI is InChI=1S/C9H12BrN3/c1-2-6-3-8(6)13-9-7(10)4-11-5-12-9/h4-6,8H,2-3H2,1H3,(H,11,12,13). The van der Waals surface area contributed by atoms with Gasteiger partial charge in [-0.2, -0.15) is 0 Å². The molecule has 70 valence electrons. The van der Waals surface area contributed by atoms with Crippen LogP contribution in [0, 0.1) is 5.92 Å². The third kappa shape index (κ3) is 1.99. The molecular weight excluding hydrogens is 230 g/mol. The Labute approximate surface area is 86.1 Å². The smallest absolute Gasteiger partial charge is 0.143 e. The molecule has 4 heteroatoms. The van der Waals surface area contributed by atoms with Crippen LogP contribution >= 0.6 is 15.9 Å². The van der Waals surface area contributed by atoms with Gasteiger partial charge in [-0.05, 0) is 28.3 Å². The topological polar surface area (TPSA) is 37.8 Å². The molecule has 0 aliphatic heterocycles. The highest BCUT2D eigenvalue weighted by atomic mass is 79.9. The van der Waals surface area contributed by atoms with Crippen LogP contribution in [0.3, 0.4) is 0 Å². The number of nitrogens with one attached hydrogen (secondary N) is 1. The largest absolute Gasteiger partial charge is 0.366 e. The van der Waals surface area contributed by atoms with Crippen molar-refractivity contribution in [3.05, 3.63) is 17.0 Å². The van der Waals surface area contributed by atoms with E-state index < -0.39 is 0 Å². The number of aromatic nitrogens is 2. The van der Waals surface area contributed by atoms with Crippen molar-refractivity contribution < 1.29 is 0 Å². The second-order valence-corrected chi connectivity index (χ2v) is 4.23. The number of hydrogen-bond donors (Lipinski definition) is 1. The van der Waals surface area contributed by atoms with Crippen molar-refractivity contribution in [2.45, 2.75) is 25.8 Å². The molecule has 0 bridgehead atoms. The van der Waals surface area contributed by atoms with Crippen LogP contribution in [0.2, 0.25) is 0 Å². The Bertz CT molecular complexity index is 303. The summed E-state index contributed by atoms with van der Waals surface area (Å²) in [6.07, 6.45) is 5.85. The summed E-state index contributed by atoms with van der Waals surface area (Å²) >= 11 is 3.41. The zero-order valence-corrected chi connectivity index (χ0v) is 9.08. The minimum Gasteiger partial charge on any atom is -0.366 e. The van der Waals surface area contributed by atoms with Crippen molar-refractivity contribution in [2.24, 2.45) is 5.92 Å². The molecule has 2 unspecified atom stereocenters. The molecule has 0 aromatic carbocycles. The van der Waals surface area contributed by atoms with E-state index in [1.165, 1.54) is 12.8 Å². The van der Waals surface area contributed by atoms with Gasteiger partial charge in [0.1, 0.15) is 12.1 Å². The van der Waals surface area contributed by atoms with E-state index in [0.29, 0.717) is 6.04 Å². The molecule has 1 aromatic heterocycles. The minimum absolute atomic E-state index is 0.621. The second-order valence-electron chi connectivity index (χ2n) is 3.37. The van der Waals surface area contributed by atoms with Crippen LogP contribution in [-0.4, -0.2) is 16.0 Å². The SMILES string of the molecule is CCC1CC1Nc1ncncc1Br. The van der Waals surface area contributed by atoms with Gasteiger partial charge < -0.3 is 5.32 Å². The monoisotopic (exact) mass is 241 g/mol. The zero-order chi connectivity index (χ0) is 9.26. The van der Waals surface area contributed by atoms with E-state index >= 15 is 0 Å². The van der Waals surface area contributed by atoms with Gasteiger partial charge in [0.15, 0.2) is 0 Å². The molecule has 0 radical (unpaired) electrons. The number of halogens is 1. The number of rotatable bonds is 3. The quantitative estimate of drug-likeness (QED) is 0.884. The van der Waals surface area contributed by atoms with Crippen molar-refractivity contribution >= 4 is 21.7 Å². The van der Waals surface area contributed by atoms with Crippen LogP contribution < -0.4 is 5.32 Å². The second kappa shape index (κ2) is 3.62. The summed E-state index contributed by atoms with van der Waals surface area (Å²) in [5, 5.41) is 3.39. The fourth-order valence-electron chi connectivity index (χ4n) is 1.47. The highest BCUT2D eigenvalue weighted by molar-refractivity contribution is 9.10. The minimum atomic E-state index is 0.621. The molecule has 1 fully saturated rings. The van der Waals surface area contributed by atoms with Gasteiger partial charge in [-0.15, -0.1) is 0 Å². The molecule has 1 saturated carbocycles. The molecule has 1 heterocycles. The number of anilines is 1. The van der Waals surface area contributed by atoms with Gasteiger partial charge in [0.05, 0.1) is 4.47 Å². The lowest BCUT2D eigenvalue weighted by Crippen LogP contribution is -2.06. The predicted octanol–water partition coefficient (Wildman–Crippen LogP) is 2.45. The third-order valence-corrected chi connectivity index (χ3v) is 3.02. The molecule has 0 saturated heterocycles. The van der Waals surface area contributed by atoms with Gasteiger partial charge in [-0.1, -0.05) is 13.3 Å². The average molecular weight is 242 g/mol. The van der Waals surface area contributed by atoms with Crippen molar-refractivity contribution in [3.8, 4) is 0 Å². The maximum absolute atomic E-state index is 4.16. The maximum atomic E-state index is 4.16. The molecule has 13 heavy (non-hydrogen) atoms. The number of nitrogens with zero attached hydrogens (tertiary/aromatic N) is 2. The van der Waals surface area contributed by atoms with Crippen LogP contribution in [0.4, 0.5) is 5.82 Å². The first kappa shape index (κ1) is 8.94. The summed E-state index contributed by atoms with van der Waals surface area (Å²) in [4.78, 5) is 8.07. The summed E-state index contributed by atoms with van der Waals surface area (Å²) in [6.45, 7) is 2.22. The average Bonchev–Trinajstić information content (AvgIpc) is 2.88. The van der Waals surface area contributed by atoms with Gasteiger partial charge in [0.2, 0.25) is 0 Å². The maximum Gasteiger partial charge on any atom is 0.143 e. The van der Waals surface area contributed by atoms with Crippen molar-refractivity contribution in [1.29, 1.82) is 0 Å². The summed E-state index contributed by atoms with van der Waals surface area (Å²) in [5.74, 6) is 1.75. The van der Waals surface area contributed by atoms with Gasteiger partial charge in [-0.25, -0.2) is 9.97 Å². The Morgan fingerprint density at radius 2 is 2.54 bits per heavy atom. The third-order valence-electron chi connectivity index (χ3n) is 2.44. The molecule has 0 spiro atoms. The van der Waals surface area contributed by atoms with E-state index in [2.05, 4.69) is 38.1 Å². The van der Waals surface area contributed by atoms with Gasteiger partial charge in [0, 0.05) is 12.2 Å². The molecular formula is C9H12BrN3. The first-order chi connectivity index (χ1) is 6.31. The molecule has 1 aliphatic carbocycles. The Balaban J connectivity index is 1.99. The van der Waals surface area contributed by atoms with Crippen LogP contribution in [0.15, 0.2) is 17.0 Å². The van der Waals surface area contributed by atoms with Crippen LogP contribution in [-0.2, 0) is 0 Å². The highest BCUT2D eigenvalue weighted by Crippen LogP contribution is 2.36. The summed E-state index contributed by atoms with van der Waals surface area (Å²) in [5.41, 5.74) is 0. The Kier molecular flexibility index (Phi) is 2.49. The fraction of sp³-hybridized carbons (Fsp3) is 0.556. The molecule has 1 N–H and O–H groups in total. The molecule has 2 rings (SSSR count). The molecule has 1 aromatic rings. The fourth-order valence-corrected chi connectivity index (χ4v) is 1.81. The van der Waals surface area contributed by atoms with E-state index in [0.717, 1.165) is 16.2 Å². The van der Waals surface area contributed by atoms with E-state index in [9.17, 15) is 0 Å². The Hall–Kier alpha value is -0.640. The van der Waals surface area contributed by atoms with E-state index in [1.807, 2.05) is 0 Å². The van der Waals surface area contributed by atoms with Crippen LogP contribution in [0.5, 0.6) is 0 Å². The van der Waals surface area contributed by atoms with Crippen molar-refractivity contribution in [1.82, 2.24) is 9.97 Å². The number of hydrogen-bond acceptors (Lipinski definition) is 3. The molecule has 1 aliphatic rings. The van der Waals surface area contributed by atoms with Crippen LogP contribution in [0.25, 0.3) is 0 Å². The lowest BCUT2D eigenvalue weighted by Gasteiger charge is -2.04. The van der Waals surface area contributed by atoms with E-state index in [4.69, 9.17) is 0 Å². The lowest BCUT2D eigenvalue weighted by molar-refractivity contribution is 0.773. The first-order valence-corrected chi connectivity index (χ1v) is 5.32. The zero-order valence-electron chi connectivity index (χ0n) is 7.50. The summed E-state index contributed by atoms with van der Waals surface area (Å²) in [7, 11) is 0. The highest BCUT2D eigenvalue weighted by Gasteiger charge is 2.35. The van der Waals surface area contributed by atoms with Crippen LogP contribution in [0.1, 0.15) is 19.8 Å². The first-order valence-electron chi connectivity index (χ1n) is 4.53. The predicted molar refractivity (Wildman–Crippen MR) is 55.5 cm³/mol. The lowest BCUT2D eigenvalue weighted by atomic mass is 10.3. The van der Waals surface area contributed by atoms with E-state index in [-0.39, 0.29) is 0 Å². The van der Waals surface area contributed by atoms with Gasteiger partial charge in [-0.3, -0.25) is 0 Å². The molecule has 3 nitrogen and oxygen atoms in total. The van der Waals surface area contributed by atoms with Crippen molar-refractivity contribution in [2.75, 3.05) is 5.32 Å². The van der Waals surface area contributed by atoms with Gasteiger partial charge >= 0.3 is 0 Å². The Morgan fingerprint density at radius 1 is 1.69 bits per heavy atom. The van der Waals surface area contributed by atoms with E-state index in [1.54, 1.807) is 12.5 Å². The summed E-state index contributed by atoms with van der Waals surface area (Å²) < 4.78 is 0.941. The molecule has 2 atom stereocenters.